The van der Waals surface area contributed by atoms with E-state index in [0.717, 1.165) is 5.69 Å². The average molecular weight is 324 g/mol. The number of para-hydroxylation sites is 1. The van der Waals surface area contributed by atoms with Gasteiger partial charge < -0.3 is 0 Å². The van der Waals surface area contributed by atoms with Crippen LogP contribution in [0, 0.1) is 0 Å². The topological polar surface area (TPSA) is 52.0 Å². The van der Waals surface area contributed by atoms with Gasteiger partial charge in [-0.2, -0.15) is 0 Å². The van der Waals surface area contributed by atoms with E-state index >= 15 is 0 Å². The first-order valence-corrected chi connectivity index (χ1v) is 8.00. The molecule has 4 nitrogen and oxygen atoms in total. The summed E-state index contributed by atoms with van der Waals surface area (Å²) in [5.41, 5.74) is 2.88. The molecule has 0 unspecified atom stereocenters. The third kappa shape index (κ3) is 1.79. The maximum absolute atomic E-state index is 13.2. The van der Waals surface area contributed by atoms with E-state index in [2.05, 4.69) is 4.98 Å². The lowest BCUT2D eigenvalue weighted by atomic mass is 10.0. The third-order valence-electron chi connectivity index (χ3n) is 4.61. The standard InChI is InChI=1S/C21H12N2O2/c24-20-17-14-9-4-5-10-15(14)21(25)23(13-7-2-1-3-8-13)19(17)16-11-6-12-22-18(16)20/h1-12H. The van der Waals surface area contributed by atoms with Gasteiger partial charge in [-0.3, -0.25) is 19.1 Å². The molecule has 4 aromatic rings. The molecule has 0 radical (unpaired) electrons. The van der Waals surface area contributed by atoms with E-state index in [1.165, 1.54) is 0 Å². The van der Waals surface area contributed by atoms with Gasteiger partial charge in [0, 0.05) is 28.2 Å². The average Bonchev–Trinajstić information content (AvgIpc) is 2.96. The van der Waals surface area contributed by atoms with Gasteiger partial charge in [0.25, 0.3) is 5.56 Å². The Labute approximate surface area is 143 Å². The van der Waals surface area contributed by atoms with Gasteiger partial charge in [0.15, 0.2) is 0 Å². The molecule has 0 spiro atoms. The lowest BCUT2D eigenvalue weighted by Crippen LogP contribution is -2.21. The summed E-state index contributed by atoms with van der Waals surface area (Å²) >= 11 is 0. The van der Waals surface area contributed by atoms with E-state index in [4.69, 9.17) is 0 Å². The van der Waals surface area contributed by atoms with Crippen LogP contribution in [0.15, 0.2) is 77.7 Å². The van der Waals surface area contributed by atoms with E-state index in [1.54, 1.807) is 22.9 Å². The van der Waals surface area contributed by atoms with Crippen LogP contribution in [0.2, 0.25) is 0 Å². The Morgan fingerprint density at radius 1 is 0.760 bits per heavy atom. The van der Waals surface area contributed by atoms with Crippen LogP contribution in [0.1, 0.15) is 16.1 Å². The van der Waals surface area contributed by atoms with Crippen molar-refractivity contribution in [1.82, 2.24) is 9.55 Å². The predicted molar refractivity (Wildman–Crippen MR) is 96.2 cm³/mol. The number of nitrogens with zero attached hydrogens (tertiary/aromatic N) is 2. The fraction of sp³-hybridized carbons (Fsp3) is 0. The van der Waals surface area contributed by atoms with Crippen LogP contribution in [0.3, 0.4) is 0 Å². The van der Waals surface area contributed by atoms with Crippen molar-refractivity contribution in [2.24, 2.45) is 0 Å². The Balaban J connectivity index is 2.05. The predicted octanol–water partition coefficient (Wildman–Crippen LogP) is 3.60. The van der Waals surface area contributed by atoms with E-state index in [9.17, 15) is 9.59 Å². The second-order valence-electron chi connectivity index (χ2n) is 5.97. The molecule has 1 aliphatic carbocycles. The van der Waals surface area contributed by atoms with E-state index in [-0.39, 0.29) is 11.3 Å². The molecule has 0 saturated carbocycles. The molecule has 5 rings (SSSR count). The minimum Gasteiger partial charge on any atom is -0.287 e. The molecular formula is C21H12N2O2. The SMILES string of the molecule is O=C1c2ncccc2-c2c1c1ccccc1c(=O)n2-c1ccccc1. The number of carbonyl (C=O) groups excluding carboxylic acids is 1. The largest absolute Gasteiger partial charge is 0.287 e. The quantitative estimate of drug-likeness (QED) is 0.473. The van der Waals surface area contributed by atoms with Crippen LogP contribution < -0.4 is 5.56 Å². The van der Waals surface area contributed by atoms with Crippen molar-refractivity contribution in [2.75, 3.05) is 0 Å². The second kappa shape index (κ2) is 4.98. The number of fused-ring (bicyclic) bond motifs is 5. The molecule has 0 fully saturated rings. The lowest BCUT2D eigenvalue weighted by Gasteiger charge is -2.14. The summed E-state index contributed by atoms with van der Waals surface area (Å²) in [6.07, 6.45) is 1.61. The van der Waals surface area contributed by atoms with E-state index < -0.39 is 0 Å². The van der Waals surface area contributed by atoms with Crippen LogP contribution in [0.25, 0.3) is 27.7 Å². The number of benzene rings is 2. The van der Waals surface area contributed by atoms with Crippen molar-refractivity contribution in [3.05, 3.63) is 94.5 Å². The van der Waals surface area contributed by atoms with Crippen molar-refractivity contribution in [2.45, 2.75) is 0 Å². The Morgan fingerprint density at radius 3 is 2.28 bits per heavy atom. The molecule has 0 N–H and O–H groups in total. The van der Waals surface area contributed by atoms with Gasteiger partial charge in [-0.25, -0.2) is 0 Å². The Kier molecular flexibility index (Phi) is 2.76. The minimum atomic E-state index is -0.134. The van der Waals surface area contributed by atoms with E-state index in [1.807, 2.05) is 54.6 Å². The fourth-order valence-corrected chi connectivity index (χ4v) is 3.55. The first kappa shape index (κ1) is 13.9. The molecule has 0 atom stereocenters. The number of hydrogen-bond donors (Lipinski definition) is 0. The second-order valence-corrected chi connectivity index (χ2v) is 5.97. The van der Waals surface area contributed by atoms with Crippen molar-refractivity contribution < 1.29 is 4.79 Å². The number of ketones is 1. The molecule has 0 aliphatic heterocycles. The van der Waals surface area contributed by atoms with Crippen LogP contribution >= 0.6 is 0 Å². The highest BCUT2D eigenvalue weighted by Crippen LogP contribution is 2.39. The first-order chi connectivity index (χ1) is 12.3. The van der Waals surface area contributed by atoms with Crippen molar-refractivity contribution in [3.8, 4) is 16.9 Å². The summed E-state index contributed by atoms with van der Waals surface area (Å²) in [6.45, 7) is 0. The number of pyridine rings is 2. The van der Waals surface area contributed by atoms with Gasteiger partial charge in [0.1, 0.15) is 5.69 Å². The van der Waals surface area contributed by atoms with Crippen molar-refractivity contribution >= 4 is 16.6 Å². The number of aromatic nitrogens is 2. The van der Waals surface area contributed by atoms with E-state index in [0.29, 0.717) is 33.3 Å². The maximum Gasteiger partial charge on any atom is 0.263 e. The van der Waals surface area contributed by atoms with Crippen LogP contribution in [-0.2, 0) is 0 Å². The normalized spacial score (nSPS) is 12.2. The smallest absolute Gasteiger partial charge is 0.263 e. The molecule has 2 aromatic heterocycles. The Bertz CT molecular complexity index is 1220. The number of hydrogen-bond acceptors (Lipinski definition) is 3. The molecule has 4 heteroatoms. The monoisotopic (exact) mass is 324 g/mol. The van der Waals surface area contributed by atoms with Crippen molar-refractivity contribution in [3.63, 3.8) is 0 Å². The Hall–Kier alpha value is -3.53. The zero-order chi connectivity index (χ0) is 17.0. The Morgan fingerprint density at radius 2 is 1.48 bits per heavy atom. The van der Waals surface area contributed by atoms with Gasteiger partial charge in [-0.05, 0) is 30.3 Å². The van der Waals surface area contributed by atoms with Crippen LogP contribution in [0.5, 0.6) is 0 Å². The third-order valence-corrected chi connectivity index (χ3v) is 4.61. The zero-order valence-corrected chi connectivity index (χ0v) is 13.1. The van der Waals surface area contributed by atoms with Gasteiger partial charge in [0.05, 0.1) is 11.3 Å². The van der Waals surface area contributed by atoms with Crippen LogP contribution in [0.4, 0.5) is 0 Å². The molecule has 0 saturated heterocycles. The summed E-state index contributed by atoms with van der Waals surface area (Å²) in [5, 5.41) is 1.21. The molecule has 0 amide bonds. The van der Waals surface area contributed by atoms with Crippen LogP contribution in [-0.4, -0.2) is 15.3 Å². The molecule has 118 valence electrons. The van der Waals surface area contributed by atoms with Crippen molar-refractivity contribution in [1.29, 1.82) is 0 Å². The van der Waals surface area contributed by atoms with Gasteiger partial charge in [-0.1, -0.05) is 36.4 Å². The first-order valence-electron chi connectivity index (χ1n) is 8.00. The molecule has 0 bridgehead atoms. The molecule has 2 aromatic carbocycles. The lowest BCUT2D eigenvalue weighted by molar-refractivity contribution is 0.104. The summed E-state index contributed by atoms with van der Waals surface area (Å²) in [6, 6.07) is 20.3. The molecule has 1 aliphatic rings. The maximum atomic E-state index is 13.2. The van der Waals surface area contributed by atoms with Gasteiger partial charge in [-0.15, -0.1) is 0 Å². The van der Waals surface area contributed by atoms with Gasteiger partial charge >= 0.3 is 0 Å². The summed E-state index contributed by atoms with van der Waals surface area (Å²) in [7, 11) is 0. The summed E-state index contributed by atoms with van der Waals surface area (Å²) in [4.78, 5) is 30.5. The highest BCUT2D eigenvalue weighted by molar-refractivity contribution is 6.25. The number of rotatable bonds is 1. The zero-order valence-electron chi connectivity index (χ0n) is 13.1. The fourth-order valence-electron chi connectivity index (χ4n) is 3.55. The summed E-state index contributed by atoms with van der Waals surface area (Å²) in [5.74, 6) is -0.133. The molecule has 25 heavy (non-hydrogen) atoms. The summed E-state index contributed by atoms with van der Waals surface area (Å²) < 4.78 is 1.63. The molecular weight excluding hydrogens is 312 g/mol. The highest BCUT2D eigenvalue weighted by atomic mass is 16.1. The minimum absolute atomic E-state index is 0.133. The number of carbonyl (C=O) groups is 1. The molecule has 2 heterocycles. The highest BCUT2D eigenvalue weighted by Gasteiger charge is 2.33. The van der Waals surface area contributed by atoms with Gasteiger partial charge in [0.2, 0.25) is 5.78 Å².